The van der Waals surface area contributed by atoms with E-state index in [9.17, 15) is 19.3 Å². The van der Waals surface area contributed by atoms with Gasteiger partial charge in [0, 0.05) is 25.2 Å². The number of ether oxygens (including phenoxy) is 1. The molecule has 1 atom stereocenters. The third-order valence-corrected chi connectivity index (χ3v) is 2.85. The summed E-state index contributed by atoms with van der Waals surface area (Å²) < 4.78 is 18.8. The number of benzene rings is 1. The van der Waals surface area contributed by atoms with E-state index in [4.69, 9.17) is 4.74 Å². The summed E-state index contributed by atoms with van der Waals surface area (Å²) in [5.74, 6) is -1.16. The molecule has 0 aliphatic carbocycles. The molecule has 8 heteroatoms. The van der Waals surface area contributed by atoms with Crippen molar-refractivity contribution in [2.45, 2.75) is 12.5 Å². The SMILES string of the molecule is O=C(CC1CNCCO1)Nc1cc([N+](=O)[O-])ccc1F. The number of hydrogen-bond donors (Lipinski definition) is 2. The van der Waals surface area contributed by atoms with Crippen LogP contribution < -0.4 is 10.6 Å². The number of nitro benzene ring substituents is 1. The fraction of sp³-hybridized carbons (Fsp3) is 0.417. The predicted octanol–water partition coefficient (Wildman–Crippen LogP) is 1.05. The van der Waals surface area contributed by atoms with Crippen molar-refractivity contribution in [1.82, 2.24) is 5.32 Å². The summed E-state index contributed by atoms with van der Waals surface area (Å²) in [6, 6.07) is 2.98. The summed E-state index contributed by atoms with van der Waals surface area (Å²) in [7, 11) is 0. The van der Waals surface area contributed by atoms with Gasteiger partial charge < -0.3 is 15.4 Å². The average molecular weight is 283 g/mol. The van der Waals surface area contributed by atoms with Crippen LogP contribution in [-0.2, 0) is 9.53 Å². The van der Waals surface area contributed by atoms with Crippen molar-refractivity contribution in [1.29, 1.82) is 0 Å². The van der Waals surface area contributed by atoms with Crippen LogP contribution in [0.3, 0.4) is 0 Å². The summed E-state index contributed by atoms with van der Waals surface area (Å²) in [6.07, 6.45) is -0.208. The van der Waals surface area contributed by atoms with Crippen molar-refractivity contribution in [2.24, 2.45) is 0 Å². The van der Waals surface area contributed by atoms with Crippen LogP contribution in [0.1, 0.15) is 6.42 Å². The highest BCUT2D eigenvalue weighted by Gasteiger charge is 2.19. The number of halogens is 1. The van der Waals surface area contributed by atoms with E-state index in [0.29, 0.717) is 13.2 Å². The van der Waals surface area contributed by atoms with E-state index in [1.807, 2.05) is 0 Å². The van der Waals surface area contributed by atoms with Gasteiger partial charge in [-0.3, -0.25) is 14.9 Å². The van der Waals surface area contributed by atoms with Crippen molar-refractivity contribution in [2.75, 3.05) is 25.0 Å². The Balaban J connectivity index is 1.99. The number of nitrogens with zero attached hydrogens (tertiary/aromatic N) is 1. The van der Waals surface area contributed by atoms with Crippen molar-refractivity contribution >= 4 is 17.3 Å². The summed E-state index contributed by atoms with van der Waals surface area (Å²) in [5.41, 5.74) is -0.481. The fourth-order valence-electron chi connectivity index (χ4n) is 1.88. The number of nitro groups is 1. The van der Waals surface area contributed by atoms with Gasteiger partial charge in [-0.15, -0.1) is 0 Å². The van der Waals surface area contributed by atoms with Crippen LogP contribution in [0.2, 0.25) is 0 Å². The van der Waals surface area contributed by atoms with E-state index < -0.39 is 16.6 Å². The lowest BCUT2D eigenvalue weighted by molar-refractivity contribution is -0.384. The smallest absolute Gasteiger partial charge is 0.271 e. The fourth-order valence-corrected chi connectivity index (χ4v) is 1.88. The first-order chi connectivity index (χ1) is 9.56. The zero-order valence-electron chi connectivity index (χ0n) is 10.6. The number of carbonyl (C=O) groups is 1. The molecule has 1 aromatic carbocycles. The van der Waals surface area contributed by atoms with E-state index >= 15 is 0 Å². The number of hydrogen-bond acceptors (Lipinski definition) is 5. The molecule has 2 rings (SSSR count). The van der Waals surface area contributed by atoms with Gasteiger partial charge in [0.1, 0.15) is 5.82 Å². The number of morpholine rings is 1. The average Bonchev–Trinajstić information content (AvgIpc) is 2.42. The maximum Gasteiger partial charge on any atom is 0.271 e. The highest BCUT2D eigenvalue weighted by molar-refractivity contribution is 5.91. The summed E-state index contributed by atoms with van der Waals surface area (Å²) in [5, 5.41) is 16.0. The van der Waals surface area contributed by atoms with Crippen molar-refractivity contribution < 1.29 is 18.8 Å². The first kappa shape index (κ1) is 14.4. The van der Waals surface area contributed by atoms with Gasteiger partial charge in [0.25, 0.3) is 5.69 Å². The first-order valence-electron chi connectivity index (χ1n) is 6.12. The van der Waals surface area contributed by atoms with E-state index in [1.165, 1.54) is 0 Å². The van der Waals surface area contributed by atoms with E-state index in [2.05, 4.69) is 10.6 Å². The van der Waals surface area contributed by atoms with Gasteiger partial charge in [0.15, 0.2) is 0 Å². The molecule has 0 aromatic heterocycles. The Morgan fingerprint density at radius 1 is 1.60 bits per heavy atom. The molecule has 0 bridgehead atoms. The van der Waals surface area contributed by atoms with E-state index in [0.717, 1.165) is 24.7 Å². The topological polar surface area (TPSA) is 93.5 Å². The largest absolute Gasteiger partial charge is 0.375 e. The van der Waals surface area contributed by atoms with Crippen LogP contribution in [0.25, 0.3) is 0 Å². The molecule has 7 nitrogen and oxygen atoms in total. The van der Waals surface area contributed by atoms with Crippen LogP contribution in [-0.4, -0.2) is 36.6 Å². The van der Waals surface area contributed by atoms with Gasteiger partial charge in [0.2, 0.25) is 5.91 Å². The predicted molar refractivity (Wildman–Crippen MR) is 68.9 cm³/mol. The number of anilines is 1. The lowest BCUT2D eigenvalue weighted by Gasteiger charge is -2.23. The number of carbonyl (C=O) groups excluding carboxylic acids is 1. The van der Waals surface area contributed by atoms with Crippen LogP contribution in [0.5, 0.6) is 0 Å². The minimum atomic E-state index is -0.716. The van der Waals surface area contributed by atoms with Gasteiger partial charge in [-0.2, -0.15) is 0 Å². The van der Waals surface area contributed by atoms with Gasteiger partial charge in [0.05, 0.1) is 29.7 Å². The van der Waals surface area contributed by atoms with Gasteiger partial charge in [-0.1, -0.05) is 0 Å². The molecule has 2 N–H and O–H groups in total. The maximum atomic E-state index is 13.5. The van der Waals surface area contributed by atoms with Gasteiger partial charge in [-0.05, 0) is 6.07 Å². The molecular weight excluding hydrogens is 269 g/mol. The number of rotatable bonds is 4. The summed E-state index contributed by atoms with van der Waals surface area (Å²) in [6.45, 7) is 1.80. The molecule has 1 aliphatic rings. The lowest BCUT2D eigenvalue weighted by atomic mass is 10.2. The molecule has 1 amide bonds. The Morgan fingerprint density at radius 2 is 2.40 bits per heavy atom. The second-order valence-corrected chi connectivity index (χ2v) is 4.37. The van der Waals surface area contributed by atoms with Crippen LogP contribution >= 0.6 is 0 Å². The molecule has 1 saturated heterocycles. The van der Waals surface area contributed by atoms with Gasteiger partial charge in [-0.25, -0.2) is 4.39 Å². The minimum Gasteiger partial charge on any atom is -0.375 e. The molecule has 1 aliphatic heterocycles. The molecule has 0 saturated carbocycles. The van der Waals surface area contributed by atoms with Crippen molar-refractivity contribution in [3.63, 3.8) is 0 Å². The Morgan fingerprint density at radius 3 is 3.05 bits per heavy atom. The normalized spacial score (nSPS) is 18.6. The van der Waals surface area contributed by atoms with Gasteiger partial charge >= 0.3 is 0 Å². The Hall–Kier alpha value is -2.06. The molecule has 108 valence electrons. The standard InChI is InChI=1S/C12H14FN3O4/c13-10-2-1-8(16(18)19)5-11(10)15-12(17)6-9-7-14-3-4-20-9/h1-2,5,9,14H,3-4,6-7H2,(H,15,17). The van der Waals surface area contributed by atoms with E-state index in [1.54, 1.807) is 0 Å². The molecule has 1 unspecified atom stereocenters. The van der Waals surface area contributed by atoms with Crippen molar-refractivity contribution in [3.05, 3.63) is 34.1 Å². The summed E-state index contributed by atoms with van der Waals surface area (Å²) >= 11 is 0. The Labute approximate surface area is 114 Å². The molecular formula is C12H14FN3O4. The number of amides is 1. The van der Waals surface area contributed by atoms with Crippen LogP contribution in [0.15, 0.2) is 18.2 Å². The van der Waals surface area contributed by atoms with Crippen molar-refractivity contribution in [3.8, 4) is 0 Å². The first-order valence-corrected chi connectivity index (χ1v) is 6.12. The number of non-ortho nitro benzene ring substituents is 1. The highest BCUT2D eigenvalue weighted by Crippen LogP contribution is 2.21. The maximum absolute atomic E-state index is 13.5. The molecule has 20 heavy (non-hydrogen) atoms. The quantitative estimate of drug-likeness (QED) is 0.636. The highest BCUT2D eigenvalue weighted by atomic mass is 19.1. The second kappa shape index (κ2) is 6.40. The molecule has 1 heterocycles. The van der Waals surface area contributed by atoms with Crippen LogP contribution in [0.4, 0.5) is 15.8 Å². The molecule has 0 spiro atoms. The second-order valence-electron chi connectivity index (χ2n) is 4.37. The minimum absolute atomic E-state index is 0.0646. The summed E-state index contributed by atoms with van der Waals surface area (Å²) in [4.78, 5) is 21.7. The lowest BCUT2D eigenvalue weighted by Crippen LogP contribution is -2.40. The molecule has 1 fully saturated rings. The Bertz CT molecular complexity index is 517. The van der Waals surface area contributed by atoms with Crippen LogP contribution in [0, 0.1) is 15.9 Å². The zero-order chi connectivity index (χ0) is 14.5. The monoisotopic (exact) mass is 283 g/mol. The Kier molecular flexibility index (Phi) is 4.59. The molecule has 1 aromatic rings. The zero-order valence-corrected chi connectivity index (χ0v) is 10.6. The third-order valence-electron chi connectivity index (χ3n) is 2.85. The van der Waals surface area contributed by atoms with E-state index in [-0.39, 0.29) is 23.9 Å². The third kappa shape index (κ3) is 3.72. The number of nitrogens with one attached hydrogen (secondary N) is 2. The molecule has 0 radical (unpaired) electrons.